The molecule has 0 saturated carbocycles. The minimum Gasteiger partial charge on any atom is -0.396 e. The molecule has 1 aliphatic heterocycles. The summed E-state index contributed by atoms with van der Waals surface area (Å²) in [5, 5.41) is 12.6. The molecule has 16 heavy (non-hydrogen) atoms. The monoisotopic (exact) mass is 247 g/mol. The zero-order chi connectivity index (χ0) is 11.8. The second kappa shape index (κ2) is 8.34. The van der Waals surface area contributed by atoms with Crippen LogP contribution in [-0.4, -0.2) is 48.5 Å². The van der Waals surface area contributed by atoms with Crippen molar-refractivity contribution in [2.45, 2.75) is 50.8 Å². The van der Waals surface area contributed by atoms with Gasteiger partial charge in [-0.2, -0.15) is 11.8 Å². The number of nitrogens with one attached hydrogen (secondary N) is 1. The van der Waals surface area contributed by atoms with E-state index in [1.807, 2.05) is 11.8 Å². The molecule has 96 valence electrons. The predicted octanol–water partition coefficient (Wildman–Crippen LogP) is 1.65. The molecule has 3 unspecified atom stereocenters. The average Bonchev–Trinajstić information content (AvgIpc) is 2.71. The van der Waals surface area contributed by atoms with E-state index in [-0.39, 0.29) is 6.61 Å². The summed E-state index contributed by atoms with van der Waals surface area (Å²) in [6.07, 6.45) is 6.91. The molecule has 1 rings (SSSR count). The predicted molar refractivity (Wildman–Crippen MR) is 70.1 cm³/mol. The van der Waals surface area contributed by atoms with E-state index < -0.39 is 0 Å². The number of ether oxygens (including phenoxy) is 1. The van der Waals surface area contributed by atoms with Crippen molar-refractivity contribution < 1.29 is 9.84 Å². The maximum atomic E-state index is 8.99. The first-order chi connectivity index (χ1) is 7.76. The summed E-state index contributed by atoms with van der Waals surface area (Å²) < 4.78 is 5.63. The van der Waals surface area contributed by atoms with Gasteiger partial charge < -0.3 is 15.2 Å². The van der Waals surface area contributed by atoms with Crippen LogP contribution in [0.4, 0.5) is 0 Å². The highest BCUT2D eigenvalue weighted by molar-refractivity contribution is 7.98. The fraction of sp³-hybridized carbons (Fsp3) is 1.00. The van der Waals surface area contributed by atoms with Gasteiger partial charge >= 0.3 is 0 Å². The second-order valence-electron chi connectivity index (χ2n) is 4.60. The molecular formula is C12H25NO2S. The Labute approximate surface area is 103 Å². The van der Waals surface area contributed by atoms with Crippen molar-refractivity contribution in [1.29, 1.82) is 0 Å². The number of hydrogen-bond acceptors (Lipinski definition) is 4. The topological polar surface area (TPSA) is 41.5 Å². The highest BCUT2D eigenvalue weighted by Crippen LogP contribution is 2.17. The van der Waals surface area contributed by atoms with Crippen molar-refractivity contribution in [3.8, 4) is 0 Å². The molecule has 0 aromatic heterocycles. The van der Waals surface area contributed by atoms with Crippen LogP contribution in [-0.2, 0) is 4.74 Å². The summed E-state index contributed by atoms with van der Waals surface area (Å²) in [5.74, 6) is 1.07. The third kappa shape index (κ3) is 5.53. The van der Waals surface area contributed by atoms with Crippen LogP contribution in [0.2, 0.25) is 0 Å². The Bertz CT molecular complexity index is 168. The first-order valence-corrected chi connectivity index (χ1v) is 7.63. The molecule has 1 heterocycles. The largest absolute Gasteiger partial charge is 0.396 e. The van der Waals surface area contributed by atoms with Crippen molar-refractivity contribution in [2.75, 3.05) is 25.2 Å². The van der Waals surface area contributed by atoms with Gasteiger partial charge in [-0.3, -0.25) is 0 Å². The summed E-state index contributed by atoms with van der Waals surface area (Å²) in [5.41, 5.74) is 0. The lowest BCUT2D eigenvalue weighted by molar-refractivity contribution is 0.0948. The van der Waals surface area contributed by atoms with E-state index in [1.54, 1.807) is 0 Å². The van der Waals surface area contributed by atoms with Crippen LogP contribution < -0.4 is 5.32 Å². The van der Waals surface area contributed by atoms with E-state index in [2.05, 4.69) is 18.5 Å². The van der Waals surface area contributed by atoms with E-state index in [0.717, 1.165) is 25.2 Å². The zero-order valence-electron chi connectivity index (χ0n) is 10.4. The summed E-state index contributed by atoms with van der Waals surface area (Å²) in [7, 11) is 0. The molecule has 0 radical (unpaired) electrons. The molecule has 0 amide bonds. The van der Waals surface area contributed by atoms with Gasteiger partial charge in [0.1, 0.15) is 0 Å². The Hall–Kier alpha value is 0.230. The Balaban J connectivity index is 2.20. The normalized spacial score (nSPS) is 24.6. The summed E-state index contributed by atoms with van der Waals surface area (Å²) in [6, 6.07) is 0.906. The lowest BCUT2D eigenvalue weighted by Gasteiger charge is -2.24. The number of aliphatic hydroxyl groups excluding tert-OH is 1. The quantitative estimate of drug-likeness (QED) is 0.684. The average molecular weight is 247 g/mol. The molecule has 0 bridgehead atoms. The minimum atomic E-state index is 0.269. The fourth-order valence-electron chi connectivity index (χ4n) is 2.27. The Kier molecular flexibility index (Phi) is 7.45. The minimum absolute atomic E-state index is 0.269. The SMILES string of the molecule is CSCC(CCO)NC(C)CC1CCCO1. The molecule has 0 spiro atoms. The van der Waals surface area contributed by atoms with Crippen molar-refractivity contribution in [2.24, 2.45) is 0 Å². The molecule has 1 saturated heterocycles. The smallest absolute Gasteiger partial charge is 0.0590 e. The van der Waals surface area contributed by atoms with Gasteiger partial charge in [0.05, 0.1) is 6.10 Å². The third-order valence-corrected chi connectivity index (χ3v) is 3.74. The second-order valence-corrected chi connectivity index (χ2v) is 5.51. The Morgan fingerprint density at radius 3 is 2.94 bits per heavy atom. The Morgan fingerprint density at radius 1 is 1.56 bits per heavy atom. The molecule has 3 nitrogen and oxygen atoms in total. The van der Waals surface area contributed by atoms with Gasteiger partial charge in [0.15, 0.2) is 0 Å². The van der Waals surface area contributed by atoms with Gasteiger partial charge in [0.2, 0.25) is 0 Å². The number of hydrogen-bond donors (Lipinski definition) is 2. The first-order valence-electron chi connectivity index (χ1n) is 6.23. The van der Waals surface area contributed by atoms with Crippen LogP contribution >= 0.6 is 11.8 Å². The first kappa shape index (κ1) is 14.3. The summed E-state index contributed by atoms with van der Waals surface area (Å²) in [4.78, 5) is 0. The number of rotatable bonds is 8. The molecule has 2 N–H and O–H groups in total. The fourth-order valence-corrected chi connectivity index (χ4v) is 2.93. The maximum absolute atomic E-state index is 8.99. The molecule has 1 fully saturated rings. The number of aliphatic hydroxyl groups is 1. The standard InChI is InChI=1S/C12H25NO2S/c1-10(8-12-4-3-7-15-12)13-11(5-6-14)9-16-2/h10-14H,3-9H2,1-2H3. The molecule has 3 atom stereocenters. The zero-order valence-corrected chi connectivity index (χ0v) is 11.3. The highest BCUT2D eigenvalue weighted by Gasteiger charge is 2.19. The van der Waals surface area contributed by atoms with Crippen LogP contribution in [0.25, 0.3) is 0 Å². The molecular weight excluding hydrogens is 222 g/mol. The van der Waals surface area contributed by atoms with E-state index >= 15 is 0 Å². The maximum Gasteiger partial charge on any atom is 0.0590 e. The van der Waals surface area contributed by atoms with E-state index in [4.69, 9.17) is 9.84 Å². The molecule has 0 aromatic carbocycles. The Morgan fingerprint density at radius 2 is 2.38 bits per heavy atom. The van der Waals surface area contributed by atoms with E-state index in [0.29, 0.717) is 18.2 Å². The van der Waals surface area contributed by atoms with Gasteiger partial charge in [-0.25, -0.2) is 0 Å². The van der Waals surface area contributed by atoms with Gasteiger partial charge in [-0.15, -0.1) is 0 Å². The van der Waals surface area contributed by atoms with Crippen LogP contribution in [0.5, 0.6) is 0 Å². The van der Waals surface area contributed by atoms with Crippen LogP contribution in [0.15, 0.2) is 0 Å². The lowest BCUT2D eigenvalue weighted by atomic mass is 10.1. The van der Waals surface area contributed by atoms with Gasteiger partial charge in [-0.1, -0.05) is 0 Å². The molecule has 0 aromatic rings. The van der Waals surface area contributed by atoms with Crippen molar-refractivity contribution in [3.05, 3.63) is 0 Å². The van der Waals surface area contributed by atoms with Crippen LogP contribution in [0.3, 0.4) is 0 Å². The molecule has 4 heteroatoms. The van der Waals surface area contributed by atoms with Gasteiger partial charge in [0, 0.05) is 31.1 Å². The van der Waals surface area contributed by atoms with Gasteiger partial charge in [-0.05, 0) is 38.9 Å². The van der Waals surface area contributed by atoms with Gasteiger partial charge in [0.25, 0.3) is 0 Å². The van der Waals surface area contributed by atoms with Crippen molar-refractivity contribution in [1.82, 2.24) is 5.32 Å². The van der Waals surface area contributed by atoms with Crippen molar-refractivity contribution in [3.63, 3.8) is 0 Å². The van der Waals surface area contributed by atoms with E-state index in [1.165, 1.54) is 12.8 Å². The molecule has 0 aliphatic carbocycles. The van der Waals surface area contributed by atoms with E-state index in [9.17, 15) is 0 Å². The van der Waals surface area contributed by atoms with Crippen molar-refractivity contribution >= 4 is 11.8 Å². The van der Waals surface area contributed by atoms with Crippen LogP contribution in [0, 0.1) is 0 Å². The molecule has 1 aliphatic rings. The summed E-state index contributed by atoms with van der Waals surface area (Å²) >= 11 is 1.83. The lowest BCUT2D eigenvalue weighted by Crippen LogP contribution is -2.40. The number of thioether (sulfide) groups is 1. The highest BCUT2D eigenvalue weighted by atomic mass is 32.2. The third-order valence-electron chi connectivity index (χ3n) is 3.01. The summed E-state index contributed by atoms with van der Waals surface area (Å²) in [6.45, 7) is 3.42. The van der Waals surface area contributed by atoms with Crippen LogP contribution in [0.1, 0.15) is 32.6 Å².